The van der Waals surface area contributed by atoms with Crippen molar-refractivity contribution in [2.45, 2.75) is 18.0 Å². The molecule has 0 unspecified atom stereocenters. The third-order valence-electron chi connectivity index (χ3n) is 7.95. The van der Waals surface area contributed by atoms with E-state index in [1.165, 1.54) is 11.3 Å². The van der Waals surface area contributed by atoms with Crippen LogP contribution in [0.15, 0.2) is 96.4 Å². The molecule has 0 bridgehead atoms. The average Bonchev–Trinajstić information content (AvgIpc) is 3.62. The van der Waals surface area contributed by atoms with Gasteiger partial charge < -0.3 is 4.90 Å². The van der Waals surface area contributed by atoms with Gasteiger partial charge in [0.2, 0.25) is 0 Å². The summed E-state index contributed by atoms with van der Waals surface area (Å²) in [5.41, 5.74) is 1.81. The zero-order valence-electron chi connectivity index (χ0n) is 19.5. The van der Waals surface area contributed by atoms with Gasteiger partial charge in [-0.3, -0.25) is 14.4 Å². The molecular weight excluding hydrogens is 502 g/mol. The van der Waals surface area contributed by atoms with Gasteiger partial charge >= 0.3 is 0 Å². The first kappa shape index (κ1) is 22.4. The number of rotatable bonds is 3. The van der Waals surface area contributed by atoms with Crippen LogP contribution in [0.5, 0.6) is 0 Å². The van der Waals surface area contributed by atoms with Crippen molar-refractivity contribution in [3.05, 3.63) is 129 Å². The van der Waals surface area contributed by atoms with Crippen LogP contribution in [0, 0.1) is 5.41 Å². The highest BCUT2D eigenvalue weighted by Gasteiger charge is 2.71. The van der Waals surface area contributed by atoms with Gasteiger partial charge in [-0.2, -0.15) is 0 Å². The molecule has 2 aliphatic heterocycles. The average molecular weight is 522 g/mol. The summed E-state index contributed by atoms with van der Waals surface area (Å²) in [5, 5.41) is 2.36. The largest absolute Gasteiger partial charge is 0.352 e. The van der Waals surface area contributed by atoms with Crippen LogP contribution in [0.2, 0.25) is 5.02 Å². The summed E-state index contributed by atoms with van der Waals surface area (Å²) in [6, 6.07) is 24.3. The molecule has 1 spiro atoms. The van der Waals surface area contributed by atoms with Gasteiger partial charge in [0.15, 0.2) is 17.3 Å². The van der Waals surface area contributed by atoms with Gasteiger partial charge in [-0.15, -0.1) is 11.3 Å². The molecular formula is C31H20ClNO3S. The van der Waals surface area contributed by atoms with Crippen LogP contribution in [-0.4, -0.2) is 29.4 Å². The fourth-order valence-corrected chi connectivity index (χ4v) is 7.45. The minimum atomic E-state index is -1.50. The van der Waals surface area contributed by atoms with Crippen LogP contribution in [0.1, 0.15) is 47.4 Å². The molecule has 0 radical (unpaired) electrons. The number of hydrogen-bond donors (Lipinski definition) is 0. The third-order valence-corrected chi connectivity index (χ3v) is 9.07. The summed E-state index contributed by atoms with van der Waals surface area (Å²) in [5.74, 6) is -1.32. The number of para-hydroxylation sites is 1. The van der Waals surface area contributed by atoms with Gasteiger partial charge in [0.05, 0.1) is 10.9 Å². The Balaban J connectivity index is 1.57. The second-order valence-corrected chi connectivity index (χ2v) is 11.0. The SMILES string of the molecule is O=C(c1cccs1)[C@H]1[C@H](c2cccc(Cl)c2)C2(C(=O)c3ccccc3C2=O)[C@H]2C=Cc3ccccc3N12. The number of nitrogens with zero attached hydrogens (tertiary/aromatic N) is 1. The van der Waals surface area contributed by atoms with Crippen LogP contribution in [0.4, 0.5) is 5.69 Å². The Morgan fingerprint density at radius 3 is 2.30 bits per heavy atom. The van der Waals surface area contributed by atoms with Crippen LogP contribution in [0.25, 0.3) is 6.08 Å². The number of anilines is 1. The van der Waals surface area contributed by atoms with E-state index in [0.29, 0.717) is 26.6 Å². The molecule has 6 heteroatoms. The molecule has 1 fully saturated rings. The van der Waals surface area contributed by atoms with Crippen LogP contribution in [0.3, 0.4) is 0 Å². The first-order valence-electron chi connectivity index (χ1n) is 12.1. The maximum Gasteiger partial charge on any atom is 0.195 e. The fourth-order valence-electron chi connectivity index (χ4n) is 6.56. The highest BCUT2D eigenvalue weighted by molar-refractivity contribution is 7.12. The van der Waals surface area contributed by atoms with Crippen molar-refractivity contribution in [1.29, 1.82) is 0 Å². The van der Waals surface area contributed by atoms with Crippen molar-refractivity contribution in [3.8, 4) is 0 Å². The molecule has 0 amide bonds. The molecule has 0 saturated carbocycles. The van der Waals surface area contributed by atoms with E-state index in [2.05, 4.69) is 0 Å². The molecule has 4 aromatic rings. The Labute approximate surface area is 222 Å². The lowest BCUT2D eigenvalue weighted by molar-refractivity contribution is 0.0666. The molecule has 7 rings (SSSR count). The van der Waals surface area contributed by atoms with Crippen LogP contribution in [-0.2, 0) is 0 Å². The molecule has 3 aromatic carbocycles. The van der Waals surface area contributed by atoms with Crippen molar-refractivity contribution < 1.29 is 14.4 Å². The Hall–Kier alpha value is -3.80. The Morgan fingerprint density at radius 2 is 1.59 bits per heavy atom. The number of hydrogen-bond acceptors (Lipinski definition) is 5. The van der Waals surface area contributed by atoms with Gasteiger partial charge in [-0.05, 0) is 40.8 Å². The fraction of sp³-hybridized carbons (Fsp3) is 0.129. The molecule has 37 heavy (non-hydrogen) atoms. The number of carbonyl (C=O) groups is 3. The Kier molecular flexibility index (Phi) is 4.91. The maximum atomic E-state index is 14.5. The van der Waals surface area contributed by atoms with E-state index in [1.807, 2.05) is 64.9 Å². The lowest BCUT2D eigenvalue weighted by Gasteiger charge is -2.37. The van der Waals surface area contributed by atoms with E-state index >= 15 is 0 Å². The van der Waals surface area contributed by atoms with Gasteiger partial charge in [-0.25, -0.2) is 0 Å². The summed E-state index contributed by atoms with van der Waals surface area (Å²) < 4.78 is 0. The lowest BCUT2D eigenvalue weighted by atomic mass is 9.64. The summed E-state index contributed by atoms with van der Waals surface area (Å²) in [4.78, 5) is 46.0. The third kappa shape index (κ3) is 2.93. The van der Waals surface area contributed by atoms with Gasteiger partial charge in [0, 0.05) is 27.8 Å². The number of thiophene rings is 1. The van der Waals surface area contributed by atoms with Crippen LogP contribution < -0.4 is 4.90 Å². The zero-order valence-corrected chi connectivity index (χ0v) is 21.1. The zero-order chi connectivity index (χ0) is 25.3. The second-order valence-electron chi connectivity index (χ2n) is 9.66. The number of fused-ring (bicyclic) bond motifs is 5. The smallest absolute Gasteiger partial charge is 0.195 e. The van der Waals surface area contributed by atoms with Crippen molar-refractivity contribution in [2.75, 3.05) is 4.90 Å². The van der Waals surface area contributed by atoms with Crippen molar-refractivity contribution in [1.82, 2.24) is 0 Å². The topological polar surface area (TPSA) is 54.5 Å². The first-order chi connectivity index (χ1) is 18.0. The molecule has 3 aliphatic rings. The van der Waals surface area contributed by atoms with E-state index in [4.69, 9.17) is 11.6 Å². The maximum absolute atomic E-state index is 14.5. The minimum Gasteiger partial charge on any atom is -0.352 e. The first-order valence-corrected chi connectivity index (χ1v) is 13.4. The quantitative estimate of drug-likeness (QED) is 0.222. The summed E-state index contributed by atoms with van der Waals surface area (Å²) >= 11 is 7.83. The van der Waals surface area contributed by atoms with E-state index in [9.17, 15) is 14.4 Å². The van der Waals surface area contributed by atoms with E-state index in [1.54, 1.807) is 42.5 Å². The van der Waals surface area contributed by atoms with Crippen molar-refractivity contribution >= 4 is 52.1 Å². The van der Waals surface area contributed by atoms with Gasteiger partial charge in [0.1, 0.15) is 11.5 Å². The number of halogens is 1. The highest BCUT2D eigenvalue weighted by Crippen LogP contribution is 2.61. The normalized spacial score (nSPS) is 22.7. The molecule has 180 valence electrons. The number of benzene rings is 3. The van der Waals surface area contributed by atoms with Crippen molar-refractivity contribution in [2.24, 2.45) is 5.41 Å². The van der Waals surface area contributed by atoms with Crippen LogP contribution >= 0.6 is 22.9 Å². The number of Topliss-reactive ketones (excluding diaryl/α,β-unsaturated/α-hetero) is 3. The molecule has 0 N–H and O–H groups in total. The predicted molar refractivity (Wildman–Crippen MR) is 146 cm³/mol. The van der Waals surface area contributed by atoms with E-state index < -0.39 is 23.4 Å². The van der Waals surface area contributed by atoms with Gasteiger partial charge in [0.25, 0.3) is 0 Å². The van der Waals surface area contributed by atoms with Crippen molar-refractivity contribution in [3.63, 3.8) is 0 Å². The molecule has 1 saturated heterocycles. The number of ketones is 3. The van der Waals surface area contributed by atoms with E-state index in [0.717, 1.165) is 11.3 Å². The Morgan fingerprint density at radius 1 is 0.865 bits per heavy atom. The van der Waals surface area contributed by atoms with Gasteiger partial charge in [-0.1, -0.05) is 84.4 Å². The lowest BCUT2D eigenvalue weighted by Crippen LogP contribution is -2.48. The number of carbonyl (C=O) groups excluding carboxylic acids is 3. The summed E-state index contributed by atoms with van der Waals surface area (Å²) in [6.07, 6.45) is 3.90. The Bertz CT molecular complexity index is 1600. The second kappa shape index (κ2) is 8.10. The molecule has 1 aliphatic carbocycles. The monoisotopic (exact) mass is 521 g/mol. The molecule has 1 aromatic heterocycles. The summed E-state index contributed by atoms with van der Waals surface area (Å²) in [6.45, 7) is 0. The van der Waals surface area contributed by atoms with E-state index in [-0.39, 0.29) is 17.3 Å². The molecule has 3 atom stereocenters. The molecule has 4 nitrogen and oxygen atoms in total. The highest BCUT2D eigenvalue weighted by atomic mass is 35.5. The standard InChI is InChI=1S/C31H20ClNO3S/c32-20-9-5-8-19(17-20)26-27(28(34)24-13-6-16-37-24)33-23-12-4-1-7-18(23)14-15-25(33)31(26)29(35)21-10-2-3-11-22(21)30(31)36/h1-17,25-27H/t25-,26+,27-/m1/s1. The summed E-state index contributed by atoms with van der Waals surface area (Å²) in [7, 11) is 0. The predicted octanol–water partition coefficient (Wildman–Crippen LogP) is 6.72. The minimum absolute atomic E-state index is 0.108. The molecule has 3 heterocycles.